The maximum absolute atomic E-state index is 11.9. The van der Waals surface area contributed by atoms with Crippen molar-refractivity contribution in [2.75, 3.05) is 11.9 Å². The summed E-state index contributed by atoms with van der Waals surface area (Å²) in [4.78, 5) is 11.9. The summed E-state index contributed by atoms with van der Waals surface area (Å²) in [5.41, 5.74) is 6.10. The number of hydrogen-bond acceptors (Lipinski definition) is 3. The largest absolute Gasteiger partial charge is 0.376 e. The number of anilines is 1. The molecular formula is C17H17BrClN3O. The fraction of sp³-hybridized carbons (Fsp3) is 0.176. The lowest BCUT2D eigenvalue weighted by Crippen LogP contribution is -2.27. The van der Waals surface area contributed by atoms with Crippen LogP contribution in [0.4, 0.5) is 5.69 Å². The zero-order valence-electron chi connectivity index (χ0n) is 12.9. The highest BCUT2D eigenvalue weighted by atomic mass is 79.9. The van der Waals surface area contributed by atoms with Gasteiger partial charge in [-0.05, 0) is 55.3 Å². The maximum Gasteiger partial charge on any atom is 0.259 e. The van der Waals surface area contributed by atoms with E-state index < -0.39 is 0 Å². The molecule has 23 heavy (non-hydrogen) atoms. The molecule has 120 valence electrons. The summed E-state index contributed by atoms with van der Waals surface area (Å²) in [6.45, 7) is 3.92. The van der Waals surface area contributed by atoms with Gasteiger partial charge in [0.1, 0.15) is 0 Å². The van der Waals surface area contributed by atoms with Crippen molar-refractivity contribution >= 4 is 44.8 Å². The summed E-state index contributed by atoms with van der Waals surface area (Å²) < 4.78 is 1.00. The van der Waals surface area contributed by atoms with Crippen LogP contribution in [0.1, 0.15) is 18.1 Å². The summed E-state index contributed by atoms with van der Waals surface area (Å²) in [5, 5.41) is 7.85. The predicted molar refractivity (Wildman–Crippen MR) is 99.2 cm³/mol. The van der Waals surface area contributed by atoms with Gasteiger partial charge in [0.25, 0.3) is 5.91 Å². The minimum Gasteiger partial charge on any atom is -0.376 e. The van der Waals surface area contributed by atoms with Gasteiger partial charge in [-0.2, -0.15) is 5.10 Å². The summed E-state index contributed by atoms with van der Waals surface area (Å²) in [7, 11) is 0. The van der Waals surface area contributed by atoms with Crippen LogP contribution >= 0.6 is 27.5 Å². The summed E-state index contributed by atoms with van der Waals surface area (Å²) in [6.07, 6.45) is 0. The summed E-state index contributed by atoms with van der Waals surface area (Å²) in [5.74, 6) is -0.212. The van der Waals surface area contributed by atoms with Gasteiger partial charge in [0.05, 0.1) is 12.3 Å². The Morgan fingerprint density at radius 3 is 2.57 bits per heavy atom. The minimum atomic E-state index is -0.212. The monoisotopic (exact) mass is 393 g/mol. The van der Waals surface area contributed by atoms with E-state index in [0.29, 0.717) is 5.02 Å². The first-order valence-electron chi connectivity index (χ1n) is 7.05. The van der Waals surface area contributed by atoms with Gasteiger partial charge >= 0.3 is 0 Å². The molecule has 2 N–H and O–H groups in total. The average molecular weight is 395 g/mol. The van der Waals surface area contributed by atoms with E-state index in [-0.39, 0.29) is 12.5 Å². The third-order valence-electron chi connectivity index (χ3n) is 3.24. The second-order valence-electron chi connectivity index (χ2n) is 5.05. The summed E-state index contributed by atoms with van der Waals surface area (Å²) in [6, 6.07) is 13.2. The molecule has 2 rings (SSSR count). The molecule has 1 amide bonds. The van der Waals surface area contributed by atoms with Crippen LogP contribution in [0.25, 0.3) is 0 Å². The van der Waals surface area contributed by atoms with E-state index in [2.05, 4.69) is 31.8 Å². The molecular weight excluding hydrogens is 378 g/mol. The Kier molecular flexibility index (Phi) is 6.19. The number of benzene rings is 2. The van der Waals surface area contributed by atoms with Crippen LogP contribution in [0.5, 0.6) is 0 Å². The lowest BCUT2D eigenvalue weighted by molar-refractivity contribution is -0.119. The second kappa shape index (κ2) is 8.13. The Morgan fingerprint density at radius 2 is 1.91 bits per heavy atom. The Morgan fingerprint density at radius 1 is 1.22 bits per heavy atom. The zero-order valence-corrected chi connectivity index (χ0v) is 15.2. The number of nitrogens with one attached hydrogen (secondary N) is 2. The molecule has 0 aliphatic heterocycles. The smallest absolute Gasteiger partial charge is 0.259 e. The van der Waals surface area contributed by atoms with Crippen molar-refractivity contribution in [2.24, 2.45) is 5.10 Å². The number of carbonyl (C=O) groups is 1. The third-order valence-corrected chi connectivity index (χ3v) is 4.00. The molecule has 0 unspecified atom stereocenters. The fourth-order valence-corrected chi connectivity index (χ4v) is 2.43. The van der Waals surface area contributed by atoms with Crippen molar-refractivity contribution in [3.63, 3.8) is 0 Å². The van der Waals surface area contributed by atoms with Crippen LogP contribution in [0, 0.1) is 6.92 Å². The van der Waals surface area contributed by atoms with Gasteiger partial charge < -0.3 is 5.32 Å². The number of hydrazone groups is 1. The molecule has 0 heterocycles. The summed E-state index contributed by atoms with van der Waals surface area (Å²) >= 11 is 9.29. The highest BCUT2D eigenvalue weighted by Crippen LogP contribution is 2.19. The fourth-order valence-electron chi connectivity index (χ4n) is 1.94. The van der Waals surface area contributed by atoms with Gasteiger partial charge in [-0.3, -0.25) is 4.79 Å². The van der Waals surface area contributed by atoms with E-state index in [1.54, 1.807) is 6.07 Å². The molecule has 6 heteroatoms. The molecule has 0 saturated heterocycles. The van der Waals surface area contributed by atoms with Crippen molar-refractivity contribution in [1.82, 2.24) is 5.43 Å². The normalized spacial score (nSPS) is 11.2. The van der Waals surface area contributed by atoms with Crippen LogP contribution < -0.4 is 10.7 Å². The number of halogens is 2. The Labute approximate surface area is 149 Å². The number of amides is 1. The predicted octanol–water partition coefficient (Wildman–Crippen LogP) is 4.36. The molecule has 0 saturated carbocycles. The second-order valence-corrected chi connectivity index (χ2v) is 6.40. The third kappa shape index (κ3) is 5.37. The number of aryl methyl sites for hydroxylation is 1. The van der Waals surface area contributed by atoms with Crippen molar-refractivity contribution < 1.29 is 4.79 Å². The number of nitrogens with zero attached hydrogens (tertiary/aromatic N) is 1. The van der Waals surface area contributed by atoms with E-state index in [9.17, 15) is 4.79 Å². The van der Waals surface area contributed by atoms with Gasteiger partial charge in [-0.1, -0.05) is 39.7 Å². The van der Waals surface area contributed by atoms with Crippen molar-refractivity contribution in [3.8, 4) is 0 Å². The average Bonchev–Trinajstić information content (AvgIpc) is 2.52. The van der Waals surface area contributed by atoms with Crippen molar-refractivity contribution in [3.05, 3.63) is 63.1 Å². The standard InChI is InChI=1S/C17H17BrClN3O/c1-11-9-15(19)7-8-16(11)20-10-17(23)22-21-12(2)13-3-5-14(18)6-4-13/h3-9,20H,10H2,1-2H3,(H,22,23). The van der Waals surface area contributed by atoms with Crippen LogP contribution in [-0.4, -0.2) is 18.2 Å². The Bertz CT molecular complexity index is 729. The topological polar surface area (TPSA) is 53.5 Å². The first-order valence-corrected chi connectivity index (χ1v) is 8.22. The van der Waals surface area contributed by atoms with Crippen molar-refractivity contribution in [1.29, 1.82) is 0 Å². The maximum atomic E-state index is 11.9. The van der Waals surface area contributed by atoms with Crippen LogP contribution in [0.15, 0.2) is 52.0 Å². The first kappa shape index (κ1) is 17.5. The van der Waals surface area contributed by atoms with Gasteiger partial charge in [-0.15, -0.1) is 0 Å². The van der Waals surface area contributed by atoms with E-state index in [1.807, 2.05) is 50.2 Å². The zero-order chi connectivity index (χ0) is 16.8. The number of hydrogen-bond donors (Lipinski definition) is 2. The van der Waals surface area contributed by atoms with Gasteiger partial charge in [0.2, 0.25) is 0 Å². The molecule has 0 atom stereocenters. The minimum absolute atomic E-state index is 0.138. The molecule has 0 aliphatic rings. The Balaban J connectivity index is 1.89. The van der Waals surface area contributed by atoms with E-state index in [1.165, 1.54) is 0 Å². The number of rotatable bonds is 5. The SMILES string of the molecule is CC(=NNC(=O)CNc1ccc(Cl)cc1C)c1ccc(Br)cc1. The molecule has 0 aliphatic carbocycles. The number of carbonyl (C=O) groups excluding carboxylic acids is 1. The molecule has 0 spiro atoms. The molecule has 2 aromatic carbocycles. The van der Waals surface area contributed by atoms with Gasteiger partial charge in [-0.25, -0.2) is 5.43 Å². The van der Waals surface area contributed by atoms with Gasteiger partial charge in [0.15, 0.2) is 0 Å². The lowest BCUT2D eigenvalue weighted by Gasteiger charge is -2.09. The molecule has 2 aromatic rings. The van der Waals surface area contributed by atoms with E-state index in [0.717, 1.165) is 27.0 Å². The van der Waals surface area contributed by atoms with E-state index in [4.69, 9.17) is 11.6 Å². The highest BCUT2D eigenvalue weighted by Gasteiger charge is 2.04. The van der Waals surface area contributed by atoms with Gasteiger partial charge in [0, 0.05) is 15.2 Å². The molecule has 0 fully saturated rings. The highest BCUT2D eigenvalue weighted by molar-refractivity contribution is 9.10. The molecule has 0 bridgehead atoms. The van der Waals surface area contributed by atoms with Crippen LogP contribution in [0.2, 0.25) is 5.02 Å². The quantitative estimate of drug-likeness (QED) is 0.584. The van der Waals surface area contributed by atoms with E-state index >= 15 is 0 Å². The van der Waals surface area contributed by atoms with Crippen LogP contribution in [0.3, 0.4) is 0 Å². The molecule has 0 radical (unpaired) electrons. The molecule has 0 aromatic heterocycles. The first-order chi connectivity index (χ1) is 11.0. The lowest BCUT2D eigenvalue weighted by atomic mass is 10.1. The molecule has 4 nitrogen and oxygen atoms in total. The van der Waals surface area contributed by atoms with Crippen LogP contribution in [-0.2, 0) is 4.79 Å². The Hall–Kier alpha value is -1.85. The van der Waals surface area contributed by atoms with Crippen molar-refractivity contribution in [2.45, 2.75) is 13.8 Å².